The maximum absolute atomic E-state index is 13.1. The van der Waals surface area contributed by atoms with Gasteiger partial charge in [0.1, 0.15) is 5.82 Å². The highest BCUT2D eigenvalue weighted by Gasteiger charge is 2.30. The molecule has 0 saturated carbocycles. The largest absolute Gasteiger partial charge is 0.352 e. The molecule has 162 valence electrons. The van der Waals surface area contributed by atoms with E-state index in [2.05, 4.69) is 20.5 Å². The van der Waals surface area contributed by atoms with Crippen molar-refractivity contribution in [1.82, 2.24) is 19.5 Å². The van der Waals surface area contributed by atoms with Crippen LogP contribution in [0.4, 0.5) is 17.5 Å². The minimum atomic E-state index is -3.60. The number of hydrogen-bond acceptors (Lipinski definition) is 7. The molecule has 3 aromatic rings. The standard InChI is InChI=1S/C21H23ClN6O2S/c1-15-7-8-23-20(13-15)24-19-5-6-21(26-25-19)27-9-11-28(12-10-27)31(29,30)18-14-17(22)4-3-16(18)2/h3-8,13-14H,9-12H2,1-2H3,(H,23,24,25). The smallest absolute Gasteiger partial charge is 0.243 e. The van der Waals surface area contributed by atoms with E-state index in [1.165, 1.54) is 10.4 Å². The number of aromatic nitrogens is 3. The molecule has 0 unspecified atom stereocenters. The van der Waals surface area contributed by atoms with E-state index >= 15 is 0 Å². The summed E-state index contributed by atoms with van der Waals surface area (Å²) in [6, 6.07) is 12.5. The number of nitrogens with zero attached hydrogens (tertiary/aromatic N) is 5. The van der Waals surface area contributed by atoms with E-state index in [0.717, 1.165) is 5.56 Å². The fourth-order valence-electron chi connectivity index (χ4n) is 3.44. The van der Waals surface area contributed by atoms with E-state index in [1.807, 2.05) is 36.1 Å². The lowest BCUT2D eigenvalue weighted by Gasteiger charge is -2.34. The predicted octanol–water partition coefficient (Wildman–Crippen LogP) is 3.40. The summed E-state index contributed by atoms with van der Waals surface area (Å²) in [4.78, 5) is 6.54. The van der Waals surface area contributed by atoms with Gasteiger partial charge in [0.25, 0.3) is 0 Å². The second-order valence-corrected chi connectivity index (χ2v) is 9.76. The Morgan fingerprint density at radius 3 is 2.39 bits per heavy atom. The van der Waals surface area contributed by atoms with Gasteiger partial charge in [-0.25, -0.2) is 13.4 Å². The van der Waals surface area contributed by atoms with E-state index in [4.69, 9.17) is 11.6 Å². The molecule has 0 aliphatic carbocycles. The molecule has 31 heavy (non-hydrogen) atoms. The second-order valence-electron chi connectivity index (χ2n) is 7.42. The molecule has 10 heteroatoms. The first-order valence-corrected chi connectivity index (χ1v) is 11.7. The van der Waals surface area contributed by atoms with Gasteiger partial charge < -0.3 is 10.2 Å². The average molecular weight is 459 g/mol. The zero-order valence-corrected chi connectivity index (χ0v) is 18.9. The highest BCUT2D eigenvalue weighted by Crippen LogP contribution is 2.25. The summed E-state index contributed by atoms with van der Waals surface area (Å²) in [5, 5.41) is 12.1. The summed E-state index contributed by atoms with van der Waals surface area (Å²) in [6.45, 7) is 5.55. The molecular weight excluding hydrogens is 436 g/mol. The number of aryl methyl sites for hydroxylation is 2. The molecule has 1 N–H and O–H groups in total. The molecule has 0 bridgehead atoms. The molecule has 0 atom stereocenters. The highest BCUT2D eigenvalue weighted by atomic mass is 35.5. The van der Waals surface area contributed by atoms with Crippen molar-refractivity contribution in [2.45, 2.75) is 18.7 Å². The summed E-state index contributed by atoms with van der Waals surface area (Å²) in [5.74, 6) is 2.01. The van der Waals surface area contributed by atoms with Gasteiger partial charge in [-0.2, -0.15) is 4.31 Å². The van der Waals surface area contributed by atoms with Gasteiger partial charge in [-0.05, 0) is 61.4 Å². The maximum Gasteiger partial charge on any atom is 0.243 e. The second kappa shape index (κ2) is 8.78. The fourth-order valence-corrected chi connectivity index (χ4v) is 5.35. The molecule has 1 fully saturated rings. The number of nitrogens with one attached hydrogen (secondary N) is 1. The maximum atomic E-state index is 13.1. The Morgan fingerprint density at radius 2 is 1.71 bits per heavy atom. The van der Waals surface area contributed by atoms with E-state index < -0.39 is 10.0 Å². The van der Waals surface area contributed by atoms with Gasteiger partial charge in [0.05, 0.1) is 4.90 Å². The van der Waals surface area contributed by atoms with Gasteiger partial charge >= 0.3 is 0 Å². The molecule has 1 aromatic carbocycles. The summed E-state index contributed by atoms with van der Waals surface area (Å²) in [5.41, 5.74) is 1.78. The van der Waals surface area contributed by atoms with E-state index in [0.29, 0.717) is 54.2 Å². The van der Waals surface area contributed by atoms with Crippen molar-refractivity contribution < 1.29 is 8.42 Å². The van der Waals surface area contributed by atoms with Gasteiger partial charge in [0, 0.05) is 37.4 Å². The van der Waals surface area contributed by atoms with Crippen LogP contribution in [0.15, 0.2) is 53.6 Å². The van der Waals surface area contributed by atoms with Crippen LogP contribution in [-0.2, 0) is 10.0 Å². The van der Waals surface area contributed by atoms with Crippen LogP contribution < -0.4 is 10.2 Å². The van der Waals surface area contributed by atoms with Crippen LogP contribution in [0.25, 0.3) is 0 Å². The molecule has 1 aliphatic rings. The van der Waals surface area contributed by atoms with E-state index in [-0.39, 0.29) is 4.90 Å². The van der Waals surface area contributed by atoms with E-state index in [9.17, 15) is 8.42 Å². The molecule has 1 aliphatic heterocycles. The van der Waals surface area contributed by atoms with E-state index in [1.54, 1.807) is 25.3 Å². The third kappa shape index (κ3) is 4.79. The molecule has 3 heterocycles. The molecular formula is C21H23ClN6O2S. The first kappa shape index (κ1) is 21.5. The zero-order valence-electron chi connectivity index (χ0n) is 17.3. The number of sulfonamides is 1. The molecule has 8 nitrogen and oxygen atoms in total. The van der Waals surface area contributed by atoms with Crippen molar-refractivity contribution in [3.8, 4) is 0 Å². The fraction of sp³-hybridized carbons (Fsp3) is 0.286. The van der Waals surface area contributed by atoms with Crippen molar-refractivity contribution in [2.75, 3.05) is 36.4 Å². The van der Waals surface area contributed by atoms with Gasteiger partial charge in [-0.3, -0.25) is 0 Å². The molecule has 0 spiro atoms. The minimum Gasteiger partial charge on any atom is -0.352 e. The summed E-state index contributed by atoms with van der Waals surface area (Å²) in [7, 11) is -3.60. The zero-order chi connectivity index (χ0) is 22.0. The van der Waals surface area contributed by atoms with Gasteiger partial charge in [0.15, 0.2) is 11.6 Å². The van der Waals surface area contributed by atoms with Crippen LogP contribution in [-0.4, -0.2) is 54.1 Å². The SMILES string of the molecule is Cc1ccnc(Nc2ccc(N3CCN(S(=O)(=O)c4cc(Cl)ccc4C)CC3)nn2)c1. The van der Waals surface area contributed by atoms with Crippen molar-refractivity contribution in [3.05, 3.63) is 64.8 Å². The Bertz CT molecular complexity index is 1180. The van der Waals surface area contributed by atoms with Crippen LogP contribution >= 0.6 is 11.6 Å². The first-order valence-electron chi connectivity index (χ1n) is 9.87. The number of halogens is 1. The number of anilines is 3. The lowest BCUT2D eigenvalue weighted by atomic mass is 10.2. The molecule has 2 aromatic heterocycles. The topological polar surface area (TPSA) is 91.3 Å². The molecule has 1 saturated heterocycles. The monoisotopic (exact) mass is 458 g/mol. The normalized spacial score (nSPS) is 15.1. The van der Waals surface area contributed by atoms with Gasteiger partial charge in [-0.1, -0.05) is 17.7 Å². The molecule has 0 amide bonds. The van der Waals surface area contributed by atoms with Crippen molar-refractivity contribution in [1.29, 1.82) is 0 Å². The number of rotatable bonds is 5. The third-order valence-electron chi connectivity index (χ3n) is 5.15. The Kier molecular flexibility index (Phi) is 6.08. The third-order valence-corrected chi connectivity index (χ3v) is 7.43. The van der Waals surface area contributed by atoms with Crippen LogP contribution in [0.5, 0.6) is 0 Å². The number of hydrogen-bond donors (Lipinski definition) is 1. The van der Waals surface area contributed by atoms with Crippen LogP contribution in [0.2, 0.25) is 5.02 Å². The highest BCUT2D eigenvalue weighted by molar-refractivity contribution is 7.89. The Labute approximate surface area is 186 Å². The Balaban J connectivity index is 1.41. The van der Waals surface area contributed by atoms with Crippen LogP contribution in [0.1, 0.15) is 11.1 Å². The molecule has 4 rings (SSSR count). The Morgan fingerprint density at radius 1 is 0.935 bits per heavy atom. The number of benzene rings is 1. The van der Waals surface area contributed by atoms with Crippen LogP contribution in [0.3, 0.4) is 0 Å². The summed E-state index contributed by atoms with van der Waals surface area (Å²) in [6.07, 6.45) is 1.73. The lowest BCUT2D eigenvalue weighted by Crippen LogP contribution is -2.49. The first-order chi connectivity index (χ1) is 14.8. The van der Waals surface area contributed by atoms with Crippen molar-refractivity contribution in [2.24, 2.45) is 0 Å². The van der Waals surface area contributed by atoms with Crippen molar-refractivity contribution >= 4 is 39.1 Å². The van der Waals surface area contributed by atoms with Gasteiger partial charge in [0.2, 0.25) is 10.0 Å². The van der Waals surface area contributed by atoms with Crippen LogP contribution in [0, 0.1) is 13.8 Å². The predicted molar refractivity (Wildman–Crippen MR) is 121 cm³/mol. The van der Waals surface area contributed by atoms with Crippen molar-refractivity contribution in [3.63, 3.8) is 0 Å². The average Bonchev–Trinajstić information content (AvgIpc) is 2.76. The lowest BCUT2D eigenvalue weighted by molar-refractivity contribution is 0.383. The number of pyridine rings is 1. The quantitative estimate of drug-likeness (QED) is 0.626. The summed E-state index contributed by atoms with van der Waals surface area (Å²) >= 11 is 6.02. The van der Waals surface area contributed by atoms with Gasteiger partial charge in [-0.15, -0.1) is 10.2 Å². The number of piperazine rings is 1. The minimum absolute atomic E-state index is 0.258. The Hall–Kier alpha value is -2.75. The summed E-state index contributed by atoms with van der Waals surface area (Å²) < 4.78 is 27.6. The molecule has 0 radical (unpaired) electrons.